The number of methoxy groups -OCH3 is 1. The zero-order chi connectivity index (χ0) is 17.3. The van der Waals surface area contributed by atoms with Gasteiger partial charge in [-0.1, -0.05) is 0 Å². The summed E-state index contributed by atoms with van der Waals surface area (Å²) < 4.78 is 7.82. The number of carbonyl (C=O) groups is 1. The topological polar surface area (TPSA) is 34.5 Å². The van der Waals surface area contributed by atoms with E-state index in [1.165, 1.54) is 22.2 Å². The molecule has 0 spiro atoms. The quantitative estimate of drug-likeness (QED) is 0.832. The first-order chi connectivity index (χ1) is 11.7. The summed E-state index contributed by atoms with van der Waals surface area (Å²) in [5.41, 5.74) is 3.81. The Morgan fingerprint density at radius 3 is 2.67 bits per heavy atom. The highest BCUT2D eigenvalue weighted by atomic mass is 16.5. The standard InChI is InChI=1S/C20H28N2O2/c1-5-21(6-2)20(23)15-9-8-10-18-19(15)16-13-14(24-4)11-12-17(16)22(18)7-3/h11-13,15H,5-10H2,1-4H3. The number of ether oxygens (including phenoxy) is 1. The van der Waals surface area contributed by atoms with E-state index < -0.39 is 0 Å². The highest BCUT2D eigenvalue weighted by Crippen LogP contribution is 2.41. The lowest BCUT2D eigenvalue weighted by molar-refractivity contribution is -0.132. The minimum Gasteiger partial charge on any atom is -0.497 e. The number of rotatable bonds is 5. The van der Waals surface area contributed by atoms with Gasteiger partial charge in [-0.25, -0.2) is 0 Å². The molecule has 0 saturated carbocycles. The first-order valence-corrected chi connectivity index (χ1v) is 9.13. The van der Waals surface area contributed by atoms with Crippen LogP contribution in [0.1, 0.15) is 50.8 Å². The molecule has 1 amide bonds. The zero-order valence-corrected chi connectivity index (χ0v) is 15.3. The number of hydrogen-bond acceptors (Lipinski definition) is 2. The van der Waals surface area contributed by atoms with Gasteiger partial charge in [0.2, 0.25) is 5.91 Å². The smallest absolute Gasteiger partial charge is 0.230 e. The van der Waals surface area contributed by atoms with Crippen molar-refractivity contribution in [2.75, 3.05) is 20.2 Å². The van der Waals surface area contributed by atoms with Crippen LogP contribution in [0.4, 0.5) is 0 Å². The third-order valence-corrected chi connectivity index (χ3v) is 5.37. The lowest BCUT2D eigenvalue weighted by atomic mass is 9.84. The van der Waals surface area contributed by atoms with E-state index in [2.05, 4.69) is 37.5 Å². The molecule has 1 aromatic heterocycles. The Balaban J connectivity index is 2.19. The summed E-state index contributed by atoms with van der Waals surface area (Å²) in [6.45, 7) is 8.78. The minimum atomic E-state index is -0.0175. The fraction of sp³-hybridized carbons (Fsp3) is 0.550. The Hall–Kier alpha value is -1.97. The highest BCUT2D eigenvalue weighted by Gasteiger charge is 2.33. The molecule has 1 aliphatic rings. The van der Waals surface area contributed by atoms with Gasteiger partial charge in [0, 0.05) is 36.2 Å². The normalized spacial score (nSPS) is 16.9. The Labute approximate surface area is 144 Å². The Bertz CT molecular complexity index is 744. The van der Waals surface area contributed by atoms with Gasteiger partial charge in [-0.15, -0.1) is 0 Å². The van der Waals surface area contributed by atoms with Crippen LogP contribution in [0.2, 0.25) is 0 Å². The summed E-state index contributed by atoms with van der Waals surface area (Å²) >= 11 is 0. The second kappa shape index (κ2) is 6.88. The van der Waals surface area contributed by atoms with E-state index in [-0.39, 0.29) is 11.8 Å². The van der Waals surface area contributed by atoms with Crippen LogP contribution in [0.15, 0.2) is 18.2 Å². The molecule has 4 nitrogen and oxygen atoms in total. The van der Waals surface area contributed by atoms with E-state index in [0.717, 1.165) is 44.6 Å². The highest BCUT2D eigenvalue weighted by molar-refractivity contribution is 5.94. The average Bonchev–Trinajstić information content (AvgIpc) is 2.95. The monoisotopic (exact) mass is 328 g/mol. The predicted molar refractivity (Wildman–Crippen MR) is 97.8 cm³/mol. The maximum absolute atomic E-state index is 13.1. The van der Waals surface area contributed by atoms with Gasteiger partial charge in [-0.2, -0.15) is 0 Å². The molecule has 0 saturated heterocycles. The number of aromatic nitrogens is 1. The molecule has 0 fully saturated rings. The number of benzene rings is 1. The van der Waals surface area contributed by atoms with Crippen molar-refractivity contribution in [2.24, 2.45) is 0 Å². The molecule has 1 aromatic carbocycles. The van der Waals surface area contributed by atoms with Crippen LogP contribution in [-0.2, 0) is 17.8 Å². The molecular weight excluding hydrogens is 300 g/mol. The van der Waals surface area contributed by atoms with Crippen molar-refractivity contribution in [3.8, 4) is 5.75 Å². The van der Waals surface area contributed by atoms with E-state index in [4.69, 9.17) is 4.74 Å². The van der Waals surface area contributed by atoms with Gasteiger partial charge in [0.15, 0.2) is 0 Å². The van der Waals surface area contributed by atoms with Crippen LogP contribution in [0, 0.1) is 0 Å². The number of aryl methyl sites for hydroxylation is 1. The molecule has 0 N–H and O–H groups in total. The summed E-state index contributed by atoms with van der Waals surface area (Å²) in [6, 6.07) is 6.25. The van der Waals surface area contributed by atoms with Gasteiger partial charge >= 0.3 is 0 Å². The summed E-state index contributed by atoms with van der Waals surface area (Å²) in [6.07, 6.45) is 3.09. The van der Waals surface area contributed by atoms with Crippen molar-refractivity contribution >= 4 is 16.8 Å². The van der Waals surface area contributed by atoms with Crippen molar-refractivity contribution in [2.45, 2.75) is 52.5 Å². The van der Waals surface area contributed by atoms with Crippen molar-refractivity contribution in [1.29, 1.82) is 0 Å². The molecule has 24 heavy (non-hydrogen) atoms. The lowest BCUT2D eigenvalue weighted by Crippen LogP contribution is -2.36. The molecule has 1 unspecified atom stereocenters. The second-order valence-electron chi connectivity index (χ2n) is 6.44. The molecule has 4 heteroatoms. The van der Waals surface area contributed by atoms with Gasteiger partial charge in [0.05, 0.1) is 13.0 Å². The summed E-state index contributed by atoms with van der Waals surface area (Å²) in [5.74, 6) is 1.12. The first-order valence-electron chi connectivity index (χ1n) is 9.13. The van der Waals surface area contributed by atoms with Gasteiger partial charge < -0.3 is 14.2 Å². The molecular formula is C20H28N2O2. The maximum atomic E-state index is 13.1. The average molecular weight is 328 g/mol. The molecule has 1 atom stereocenters. The number of likely N-dealkylation sites (N-methyl/N-ethyl adjacent to an activating group) is 1. The Morgan fingerprint density at radius 2 is 2.04 bits per heavy atom. The van der Waals surface area contributed by atoms with Gasteiger partial charge in [0.1, 0.15) is 5.75 Å². The van der Waals surface area contributed by atoms with E-state index in [0.29, 0.717) is 0 Å². The van der Waals surface area contributed by atoms with E-state index in [1.54, 1.807) is 7.11 Å². The predicted octanol–water partition coefficient (Wildman–Crippen LogP) is 3.96. The van der Waals surface area contributed by atoms with Gasteiger partial charge in [0.25, 0.3) is 0 Å². The third-order valence-electron chi connectivity index (χ3n) is 5.37. The van der Waals surface area contributed by atoms with E-state index >= 15 is 0 Å². The second-order valence-corrected chi connectivity index (χ2v) is 6.44. The maximum Gasteiger partial charge on any atom is 0.230 e. The molecule has 1 heterocycles. The van der Waals surface area contributed by atoms with Crippen LogP contribution in [0.5, 0.6) is 5.75 Å². The molecule has 0 bridgehead atoms. The fourth-order valence-corrected chi connectivity index (χ4v) is 4.18. The molecule has 3 rings (SSSR count). The lowest BCUT2D eigenvalue weighted by Gasteiger charge is -2.29. The van der Waals surface area contributed by atoms with E-state index in [1.807, 2.05) is 11.0 Å². The first kappa shape index (κ1) is 16.9. The van der Waals surface area contributed by atoms with Crippen LogP contribution < -0.4 is 4.74 Å². The van der Waals surface area contributed by atoms with Gasteiger partial charge in [-0.3, -0.25) is 4.79 Å². The molecule has 2 aromatic rings. The summed E-state index contributed by atoms with van der Waals surface area (Å²) in [4.78, 5) is 15.1. The number of amides is 1. The number of carbonyl (C=O) groups excluding carboxylic acids is 1. The van der Waals surface area contributed by atoms with Crippen LogP contribution in [0.25, 0.3) is 10.9 Å². The zero-order valence-electron chi connectivity index (χ0n) is 15.3. The van der Waals surface area contributed by atoms with Crippen LogP contribution in [-0.4, -0.2) is 35.6 Å². The minimum absolute atomic E-state index is 0.0175. The summed E-state index contributed by atoms with van der Waals surface area (Å²) in [5, 5.41) is 1.19. The largest absolute Gasteiger partial charge is 0.497 e. The third kappa shape index (κ3) is 2.58. The van der Waals surface area contributed by atoms with E-state index in [9.17, 15) is 4.79 Å². The fourth-order valence-electron chi connectivity index (χ4n) is 4.18. The van der Waals surface area contributed by atoms with Crippen molar-refractivity contribution in [3.63, 3.8) is 0 Å². The van der Waals surface area contributed by atoms with Gasteiger partial charge in [-0.05, 0) is 63.8 Å². The SMILES string of the molecule is CCN(CC)C(=O)C1CCCc2c1c1cc(OC)ccc1n2CC. The van der Waals surface area contributed by atoms with Crippen molar-refractivity contribution in [1.82, 2.24) is 9.47 Å². The molecule has 0 aliphatic heterocycles. The van der Waals surface area contributed by atoms with Crippen LogP contribution >= 0.6 is 0 Å². The summed E-state index contributed by atoms with van der Waals surface area (Å²) in [7, 11) is 1.70. The number of hydrogen-bond donors (Lipinski definition) is 0. The van der Waals surface area contributed by atoms with Crippen LogP contribution in [0.3, 0.4) is 0 Å². The van der Waals surface area contributed by atoms with Crippen molar-refractivity contribution in [3.05, 3.63) is 29.5 Å². The molecule has 1 aliphatic carbocycles. The van der Waals surface area contributed by atoms with Crippen molar-refractivity contribution < 1.29 is 9.53 Å². The molecule has 130 valence electrons. The Morgan fingerprint density at radius 1 is 1.29 bits per heavy atom. The number of nitrogens with zero attached hydrogens (tertiary/aromatic N) is 2. The Kier molecular flexibility index (Phi) is 4.83. The molecule has 0 radical (unpaired) electrons. The number of fused-ring (bicyclic) bond motifs is 3.